The van der Waals surface area contributed by atoms with Crippen LogP contribution < -0.4 is 31.3 Å². The van der Waals surface area contributed by atoms with Crippen molar-refractivity contribution < 1.29 is 17.1 Å². The summed E-state index contributed by atoms with van der Waals surface area (Å²) in [5, 5.41) is 11.4. The van der Waals surface area contributed by atoms with E-state index in [1.807, 2.05) is 6.66 Å². The zero-order chi connectivity index (χ0) is 42.8. The molecule has 10 rings (SSSR count). The molecule has 0 N–H and O–H groups in total. The molecule has 5 aliphatic rings. The molecule has 4 atom stereocenters. The molecule has 338 valence electrons. The van der Waals surface area contributed by atoms with E-state index in [1.165, 1.54) is 161 Å². The standard InChI is InChI=1S/C24H25P.C24H26.2C5H10.CH5P.CH4.Fe/c1-3-17-12-13-18-8-4-6-10-21(18)23(17)24-20(16-25-2)15-14-19-9-5-7-11-22(19)24;1-3-17-13-15-19-9-5-7-11-21(19)23(17)24-18(4-2)14-16-20-10-6-8-12-22(20)24;2*1-2-4-5-3-1;1-2;;/h4-14,20,25H,3,15-16H2,1-2H3;5,7,9-12,14-17H,3-4,6,8,13H2,1-2H3;2*1-5H2;2H2,1H3;1H4;/t;17-;;;;;/m.1...../s1. The maximum Gasteiger partial charge on any atom is 0 e. The van der Waals surface area contributed by atoms with Gasteiger partial charge >= 0.3 is 0 Å². The fourth-order valence-corrected chi connectivity index (χ4v) is 11.3. The summed E-state index contributed by atoms with van der Waals surface area (Å²) >= 11 is 0. The molecular formula is C60H80FeP2. The minimum absolute atomic E-state index is 0. The van der Waals surface area contributed by atoms with Crippen molar-refractivity contribution in [2.75, 3.05) is 19.5 Å². The van der Waals surface area contributed by atoms with Gasteiger partial charge in [0.25, 0.3) is 0 Å². The monoisotopic (exact) mass is 919 g/mol. The van der Waals surface area contributed by atoms with Crippen LogP contribution in [0.25, 0.3) is 46.2 Å². The number of aryl methyl sites for hydroxylation is 2. The average molecular weight is 919 g/mol. The molecule has 0 aromatic heterocycles. The summed E-state index contributed by atoms with van der Waals surface area (Å²) in [6.07, 6.45) is 34.1. The molecule has 5 aromatic carbocycles. The first kappa shape index (κ1) is 52.6. The second kappa shape index (κ2) is 28.1. The van der Waals surface area contributed by atoms with Gasteiger partial charge in [-0.1, -0.05) is 220 Å². The molecule has 0 amide bonds. The molecule has 3 heteroatoms. The Morgan fingerprint density at radius 3 is 1.54 bits per heavy atom. The summed E-state index contributed by atoms with van der Waals surface area (Å²) in [6.45, 7) is 11.2. The SMILES string of the molecule is C.C1CCCC1.C1CCCC1.CCc1ccc2c(c1C1=c3ccccc3=CC[C@H]1CC)=CCCC=2.CCc1ccc2ccccc2c1C1=c2ccccc2=CCC1CPC.CP.[Fe]. The van der Waals surface area contributed by atoms with Gasteiger partial charge in [-0.15, -0.1) is 17.8 Å². The Labute approximate surface area is 398 Å². The predicted octanol–water partition coefficient (Wildman–Crippen LogP) is 12.7. The number of fused-ring (bicyclic) bond motifs is 4. The van der Waals surface area contributed by atoms with Crippen LogP contribution in [0.4, 0.5) is 0 Å². The van der Waals surface area contributed by atoms with Crippen LogP contribution in [0.5, 0.6) is 0 Å². The molecule has 5 aromatic rings. The maximum atomic E-state index is 2.48. The van der Waals surface area contributed by atoms with E-state index < -0.39 is 0 Å². The van der Waals surface area contributed by atoms with Crippen molar-refractivity contribution in [2.24, 2.45) is 11.8 Å². The molecule has 2 saturated carbocycles. The molecule has 5 aliphatic carbocycles. The molecule has 0 heterocycles. The van der Waals surface area contributed by atoms with Crippen molar-refractivity contribution in [3.63, 3.8) is 0 Å². The normalized spacial score (nSPS) is 17.8. The van der Waals surface area contributed by atoms with Gasteiger partial charge in [-0.3, -0.25) is 0 Å². The number of hydrogen-bond donors (Lipinski definition) is 0. The molecular weight excluding hydrogens is 838 g/mol. The van der Waals surface area contributed by atoms with Crippen LogP contribution in [0.1, 0.15) is 147 Å². The summed E-state index contributed by atoms with van der Waals surface area (Å²) in [7, 11) is 3.41. The molecule has 63 heavy (non-hydrogen) atoms. The minimum atomic E-state index is 0. The van der Waals surface area contributed by atoms with Crippen LogP contribution in [0.2, 0.25) is 0 Å². The van der Waals surface area contributed by atoms with Crippen LogP contribution in [-0.4, -0.2) is 19.5 Å². The van der Waals surface area contributed by atoms with Gasteiger partial charge in [0.2, 0.25) is 0 Å². The van der Waals surface area contributed by atoms with Crippen LogP contribution >= 0.6 is 17.8 Å². The Morgan fingerprint density at radius 1 is 0.508 bits per heavy atom. The Morgan fingerprint density at radius 2 is 0.984 bits per heavy atom. The van der Waals surface area contributed by atoms with E-state index in [9.17, 15) is 0 Å². The zero-order valence-corrected chi connectivity index (χ0v) is 42.1. The first-order valence-corrected chi connectivity index (χ1v) is 27.2. The quantitative estimate of drug-likeness (QED) is 0.113. The summed E-state index contributed by atoms with van der Waals surface area (Å²) in [6, 6.07) is 36.1. The Kier molecular flexibility index (Phi) is 23.5. The number of benzene rings is 5. The van der Waals surface area contributed by atoms with Crippen molar-refractivity contribution >= 4 is 64.0 Å². The molecule has 0 saturated heterocycles. The summed E-state index contributed by atoms with van der Waals surface area (Å²) < 4.78 is 0. The van der Waals surface area contributed by atoms with Crippen molar-refractivity contribution in [3.05, 3.63) is 151 Å². The van der Waals surface area contributed by atoms with Crippen LogP contribution in [0.15, 0.2) is 97.1 Å². The molecule has 0 spiro atoms. The van der Waals surface area contributed by atoms with Gasteiger partial charge in [0, 0.05) is 17.1 Å². The molecule has 2 fully saturated rings. The first-order valence-electron chi connectivity index (χ1n) is 24.3. The van der Waals surface area contributed by atoms with E-state index in [0.29, 0.717) is 11.8 Å². The summed E-state index contributed by atoms with van der Waals surface area (Å²) in [5.41, 5.74) is 9.21. The van der Waals surface area contributed by atoms with Gasteiger partial charge in [-0.05, 0) is 145 Å². The van der Waals surface area contributed by atoms with Crippen molar-refractivity contribution in [2.45, 2.75) is 137 Å². The van der Waals surface area contributed by atoms with E-state index >= 15 is 0 Å². The fourth-order valence-electron chi connectivity index (χ4n) is 10.4. The second-order valence-electron chi connectivity index (χ2n) is 17.4. The molecule has 0 aliphatic heterocycles. The van der Waals surface area contributed by atoms with E-state index in [4.69, 9.17) is 0 Å². The average Bonchev–Trinajstić information content (AvgIpc) is 4.13. The van der Waals surface area contributed by atoms with Crippen LogP contribution in [0.3, 0.4) is 0 Å². The maximum absolute atomic E-state index is 2.48. The Bertz CT molecular complexity index is 2530. The topological polar surface area (TPSA) is 0 Å². The third-order valence-electron chi connectivity index (χ3n) is 13.6. The van der Waals surface area contributed by atoms with Gasteiger partial charge in [-0.2, -0.15) is 0 Å². The molecule has 0 radical (unpaired) electrons. The first-order chi connectivity index (χ1) is 30.2. The third kappa shape index (κ3) is 13.3. The van der Waals surface area contributed by atoms with E-state index in [0.717, 1.165) is 21.4 Å². The predicted molar refractivity (Wildman–Crippen MR) is 286 cm³/mol. The van der Waals surface area contributed by atoms with Crippen molar-refractivity contribution in [1.29, 1.82) is 0 Å². The van der Waals surface area contributed by atoms with Gasteiger partial charge < -0.3 is 0 Å². The van der Waals surface area contributed by atoms with Crippen LogP contribution in [-0.2, 0) is 29.9 Å². The summed E-state index contributed by atoms with van der Waals surface area (Å²) in [4.78, 5) is 0. The van der Waals surface area contributed by atoms with Gasteiger partial charge in [0.1, 0.15) is 0 Å². The Hall–Kier alpha value is -3.04. The largest absolute Gasteiger partial charge is 0.141 e. The van der Waals surface area contributed by atoms with Crippen LogP contribution in [0, 0.1) is 11.8 Å². The second-order valence-corrected chi connectivity index (χ2v) is 18.5. The Balaban J connectivity index is 0.000000214. The van der Waals surface area contributed by atoms with E-state index in [1.54, 1.807) is 16.7 Å². The van der Waals surface area contributed by atoms with E-state index in [2.05, 4.69) is 158 Å². The minimum Gasteiger partial charge on any atom is -0.141 e. The smallest absolute Gasteiger partial charge is 0 e. The van der Waals surface area contributed by atoms with Crippen molar-refractivity contribution in [1.82, 2.24) is 0 Å². The molecule has 0 nitrogen and oxygen atoms in total. The molecule has 3 unspecified atom stereocenters. The summed E-state index contributed by atoms with van der Waals surface area (Å²) in [5.74, 6) is 1.27. The number of hydrogen-bond acceptors (Lipinski definition) is 0. The van der Waals surface area contributed by atoms with Crippen molar-refractivity contribution in [3.8, 4) is 0 Å². The molecule has 0 bridgehead atoms. The van der Waals surface area contributed by atoms with Gasteiger partial charge in [0.15, 0.2) is 0 Å². The van der Waals surface area contributed by atoms with Gasteiger partial charge in [-0.25, -0.2) is 0 Å². The zero-order valence-electron chi connectivity index (χ0n) is 38.9. The third-order valence-corrected chi connectivity index (χ3v) is 14.5. The van der Waals surface area contributed by atoms with Gasteiger partial charge in [0.05, 0.1) is 0 Å². The van der Waals surface area contributed by atoms with E-state index in [-0.39, 0.29) is 24.5 Å². The fraction of sp³-hybridized carbons (Fsp3) is 0.433. The number of rotatable bonds is 7.